The molecule has 1 amide bonds. The second kappa shape index (κ2) is 6.97. The fourth-order valence-electron chi connectivity index (χ4n) is 3.18. The van der Waals surface area contributed by atoms with Crippen LogP contribution in [-0.2, 0) is 0 Å². The number of hydrogen-bond acceptors (Lipinski definition) is 3. The van der Waals surface area contributed by atoms with Gasteiger partial charge in [0.05, 0.1) is 6.10 Å². The molecule has 0 aliphatic heterocycles. The van der Waals surface area contributed by atoms with Gasteiger partial charge in [-0.3, -0.25) is 4.79 Å². The number of carbonyl (C=O) groups excluding carboxylic acids is 1. The fourth-order valence-corrected chi connectivity index (χ4v) is 3.18. The fraction of sp³-hybridized carbons (Fsp3) is 0.500. The number of hydrogen-bond donors (Lipinski definition) is 2. The first kappa shape index (κ1) is 15.1. The Morgan fingerprint density at radius 1 is 1.27 bits per heavy atom. The molecule has 2 atom stereocenters. The number of amides is 1. The number of rotatable bonds is 5. The van der Waals surface area contributed by atoms with Gasteiger partial charge < -0.3 is 15.2 Å². The maximum atomic E-state index is 12.3. The quantitative estimate of drug-likeness (QED) is 0.822. The van der Waals surface area contributed by atoms with Crippen LogP contribution in [0, 0.1) is 5.92 Å². The maximum Gasteiger partial charge on any atom is 0.251 e. The molecule has 2 aliphatic rings. The van der Waals surface area contributed by atoms with E-state index in [1.165, 1.54) is 12.8 Å². The first-order valence-corrected chi connectivity index (χ1v) is 8.11. The van der Waals surface area contributed by atoms with Gasteiger partial charge in [-0.05, 0) is 50.3 Å². The third-order valence-electron chi connectivity index (χ3n) is 4.42. The lowest BCUT2D eigenvalue weighted by molar-refractivity contribution is 0.0940. The predicted molar refractivity (Wildman–Crippen MR) is 84.9 cm³/mol. The molecule has 0 radical (unpaired) electrons. The van der Waals surface area contributed by atoms with Crippen molar-refractivity contribution in [3.63, 3.8) is 0 Å². The van der Waals surface area contributed by atoms with Crippen LogP contribution in [0.25, 0.3) is 0 Å². The van der Waals surface area contributed by atoms with E-state index in [2.05, 4.69) is 5.32 Å². The summed E-state index contributed by atoms with van der Waals surface area (Å²) in [6, 6.07) is 7.39. The smallest absolute Gasteiger partial charge is 0.251 e. The molecular weight excluding hydrogens is 278 g/mol. The number of nitrogens with one attached hydrogen (secondary N) is 1. The number of aliphatic hydroxyl groups is 1. The number of ether oxygens (including phenoxy) is 1. The zero-order valence-electron chi connectivity index (χ0n) is 12.7. The minimum atomic E-state index is -0.0925. The molecule has 22 heavy (non-hydrogen) atoms. The van der Waals surface area contributed by atoms with Crippen LogP contribution in [0.2, 0.25) is 0 Å². The van der Waals surface area contributed by atoms with Crippen LogP contribution >= 0.6 is 0 Å². The minimum Gasteiger partial charge on any atom is -0.490 e. The van der Waals surface area contributed by atoms with Crippen molar-refractivity contribution < 1.29 is 14.6 Å². The molecule has 1 fully saturated rings. The highest BCUT2D eigenvalue weighted by atomic mass is 16.5. The van der Waals surface area contributed by atoms with Gasteiger partial charge >= 0.3 is 0 Å². The lowest BCUT2D eigenvalue weighted by Gasteiger charge is -2.15. The van der Waals surface area contributed by atoms with Crippen molar-refractivity contribution in [1.29, 1.82) is 0 Å². The summed E-state index contributed by atoms with van der Waals surface area (Å²) in [7, 11) is 0. The van der Waals surface area contributed by atoms with Gasteiger partial charge in [0, 0.05) is 24.1 Å². The zero-order valence-corrected chi connectivity index (χ0v) is 12.7. The third-order valence-corrected chi connectivity index (χ3v) is 4.42. The van der Waals surface area contributed by atoms with E-state index in [-0.39, 0.29) is 24.5 Å². The Morgan fingerprint density at radius 3 is 2.82 bits per heavy atom. The Hall–Kier alpha value is -1.81. The molecule has 4 nitrogen and oxygen atoms in total. The highest BCUT2D eigenvalue weighted by Crippen LogP contribution is 2.25. The summed E-state index contributed by atoms with van der Waals surface area (Å²) in [4.78, 5) is 12.3. The van der Waals surface area contributed by atoms with E-state index in [0.717, 1.165) is 25.0 Å². The summed E-state index contributed by atoms with van der Waals surface area (Å²) in [6.07, 6.45) is 9.64. The summed E-state index contributed by atoms with van der Waals surface area (Å²) in [6.45, 7) is 0.133. The second-order valence-corrected chi connectivity index (χ2v) is 6.20. The average Bonchev–Trinajstić information content (AvgIpc) is 3.19. The second-order valence-electron chi connectivity index (χ2n) is 6.20. The summed E-state index contributed by atoms with van der Waals surface area (Å²) in [5.74, 6) is 0.835. The highest BCUT2D eigenvalue weighted by molar-refractivity contribution is 5.94. The Kier molecular flexibility index (Phi) is 4.78. The molecule has 1 aromatic carbocycles. The molecule has 0 bridgehead atoms. The van der Waals surface area contributed by atoms with Crippen LogP contribution < -0.4 is 10.1 Å². The molecule has 1 saturated carbocycles. The van der Waals surface area contributed by atoms with E-state index in [1.54, 1.807) is 6.07 Å². The van der Waals surface area contributed by atoms with E-state index in [4.69, 9.17) is 9.84 Å². The lowest BCUT2D eigenvalue weighted by atomic mass is 10.1. The average molecular weight is 301 g/mol. The van der Waals surface area contributed by atoms with E-state index >= 15 is 0 Å². The van der Waals surface area contributed by atoms with Crippen LogP contribution in [0.4, 0.5) is 0 Å². The predicted octanol–water partition coefficient (Wildman–Crippen LogP) is 2.67. The van der Waals surface area contributed by atoms with Gasteiger partial charge in [0.15, 0.2) is 0 Å². The van der Waals surface area contributed by atoms with Crippen molar-refractivity contribution in [2.75, 3.05) is 6.61 Å². The molecular formula is C18H23NO3. The molecule has 0 aromatic heterocycles. The summed E-state index contributed by atoms with van der Waals surface area (Å²) < 4.78 is 5.94. The Labute approximate surface area is 131 Å². The van der Waals surface area contributed by atoms with E-state index < -0.39 is 0 Å². The number of aliphatic hydroxyl groups excluding tert-OH is 1. The number of carbonyl (C=O) groups is 1. The number of benzene rings is 1. The van der Waals surface area contributed by atoms with Gasteiger partial charge in [-0.15, -0.1) is 0 Å². The topological polar surface area (TPSA) is 58.6 Å². The molecule has 2 N–H and O–H groups in total. The monoisotopic (exact) mass is 301 g/mol. The third kappa shape index (κ3) is 3.69. The van der Waals surface area contributed by atoms with Gasteiger partial charge in [-0.25, -0.2) is 0 Å². The van der Waals surface area contributed by atoms with Crippen molar-refractivity contribution >= 4 is 5.91 Å². The van der Waals surface area contributed by atoms with Crippen molar-refractivity contribution in [2.45, 2.75) is 44.2 Å². The minimum absolute atomic E-state index is 0.00376. The first-order valence-electron chi connectivity index (χ1n) is 8.11. The van der Waals surface area contributed by atoms with Gasteiger partial charge in [0.2, 0.25) is 0 Å². The summed E-state index contributed by atoms with van der Waals surface area (Å²) in [5.41, 5.74) is 0.622. The first-order chi connectivity index (χ1) is 10.7. The van der Waals surface area contributed by atoms with Crippen molar-refractivity contribution in [3.05, 3.63) is 42.0 Å². The highest BCUT2D eigenvalue weighted by Gasteiger charge is 2.21. The maximum absolute atomic E-state index is 12.3. The van der Waals surface area contributed by atoms with E-state index in [1.807, 2.05) is 30.4 Å². The lowest BCUT2D eigenvalue weighted by Crippen LogP contribution is -2.32. The van der Waals surface area contributed by atoms with E-state index in [9.17, 15) is 4.79 Å². The molecule has 4 heteroatoms. The van der Waals surface area contributed by atoms with Gasteiger partial charge in [0.1, 0.15) is 5.75 Å². The van der Waals surface area contributed by atoms with Crippen LogP contribution in [-0.4, -0.2) is 29.8 Å². The van der Waals surface area contributed by atoms with Crippen LogP contribution in [0.3, 0.4) is 0 Å². The Balaban J connectivity index is 1.59. The summed E-state index contributed by atoms with van der Waals surface area (Å²) in [5, 5.41) is 12.1. The summed E-state index contributed by atoms with van der Waals surface area (Å²) >= 11 is 0. The van der Waals surface area contributed by atoms with Crippen LogP contribution in [0.5, 0.6) is 5.75 Å². The van der Waals surface area contributed by atoms with Crippen molar-refractivity contribution in [1.82, 2.24) is 5.32 Å². The Morgan fingerprint density at radius 2 is 2.09 bits per heavy atom. The van der Waals surface area contributed by atoms with Crippen LogP contribution in [0.15, 0.2) is 36.4 Å². The zero-order chi connectivity index (χ0) is 15.4. The molecule has 0 spiro atoms. The van der Waals surface area contributed by atoms with E-state index in [0.29, 0.717) is 11.7 Å². The normalized spacial score (nSPS) is 24.6. The Bertz CT molecular complexity index is 549. The van der Waals surface area contributed by atoms with Gasteiger partial charge in [-0.2, -0.15) is 0 Å². The van der Waals surface area contributed by atoms with Gasteiger partial charge in [0.25, 0.3) is 5.91 Å². The van der Waals surface area contributed by atoms with Gasteiger partial charge in [-0.1, -0.05) is 18.2 Å². The molecule has 0 unspecified atom stereocenters. The molecule has 0 heterocycles. The molecule has 0 saturated heterocycles. The molecule has 118 valence electrons. The standard InChI is InChI=1S/C18H23NO3/c20-12-13-8-9-15(10-13)19-18(21)14-4-3-7-17(11-14)22-16-5-1-2-6-16/h3-4,7-9,11,13,15-16,20H,1-2,5-6,10,12H2,(H,19,21)/t13-,15+/m0/s1. The molecule has 1 aromatic rings. The largest absolute Gasteiger partial charge is 0.490 e. The molecule has 2 aliphatic carbocycles. The molecule has 3 rings (SSSR count). The van der Waals surface area contributed by atoms with Crippen molar-refractivity contribution in [3.8, 4) is 5.75 Å². The van der Waals surface area contributed by atoms with Crippen LogP contribution in [0.1, 0.15) is 42.5 Å². The van der Waals surface area contributed by atoms with Crippen molar-refractivity contribution in [2.24, 2.45) is 5.92 Å². The SMILES string of the molecule is O=C(N[C@@H]1C=C[C@H](CO)C1)c1cccc(OC2CCCC2)c1.